The number of carbonyl (C=O) groups is 2. The Balaban J connectivity index is 1.30. The normalized spacial score (nSPS) is 10.5. The second-order valence-corrected chi connectivity index (χ2v) is 6.85. The highest BCUT2D eigenvalue weighted by atomic mass is 16.6. The molecule has 0 radical (unpaired) electrons. The Bertz CT molecular complexity index is 966. The van der Waals surface area contributed by atoms with E-state index in [1.807, 2.05) is 73.7 Å². The summed E-state index contributed by atoms with van der Waals surface area (Å²) in [6, 6.07) is 21.7. The maximum atomic E-state index is 11.9. The van der Waals surface area contributed by atoms with Gasteiger partial charge in [0, 0.05) is 6.42 Å². The molecule has 0 atom stereocenters. The number of hydrogen-bond donors (Lipinski definition) is 1. The molecule has 5 heteroatoms. The molecule has 0 bridgehead atoms. The molecule has 0 aliphatic rings. The Labute approximate surface area is 170 Å². The van der Waals surface area contributed by atoms with Gasteiger partial charge in [-0.05, 0) is 41.8 Å². The first kappa shape index (κ1) is 20.4. The van der Waals surface area contributed by atoms with Gasteiger partial charge in [-0.25, -0.2) is 4.79 Å². The van der Waals surface area contributed by atoms with E-state index >= 15 is 0 Å². The lowest BCUT2D eigenvalue weighted by molar-refractivity contribution is -0.146. The van der Waals surface area contributed by atoms with Crippen molar-refractivity contribution in [2.24, 2.45) is 0 Å². The molecule has 0 spiro atoms. The molecule has 0 aromatic heterocycles. The second-order valence-electron chi connectivity index (χ2n) is 6.85. The Hall–Kier alpha value is -3.34. The smallest absolute Gasteiger partial charge is 0.344 e. The molecule has 0 unspecified atom stereocenters. The van der Waals surface area contributed by atoms with E-state index in [2.05, 4.69) is 5.32 Å². The van der Waals surface area contributed by atoms with E-state index < -0.39 is 5.97 Å². The summed E-state index contributed by atoms with van der Waals surface area (Å²) in [5.74, 6) is 0.0890. The number of rotatable bonds is 9. The number of aryl methyl sites for hydroxylation is 2. The van der Waals surface area contributed by atoms with Crippen LogP contribution in [0.3, 0.4) is 0 Å². The highest BCUT2D eigenvalue weighted by molar-refractivity contribution is 5.83. The number of fused-ring (bicyclic) bond motifs is 1. The van der Waals surface area contributed by atoms with Crippen LogP contribution in [0.5, 0.6) is 5.75 Å². The van der Waals surface area contributed by atoms with Gasteiger partial charge in [-0.3, -0.25) is 4.79 Å². The standard InChI is InChI=1S/C24H25NO4/c1-18-6-8-19(9-7-18)10-13-23(26)25-14-15-28-24(27)17-29-22-12-11-20-4-2-3-5-21(20)16-22/h2-9,11-12,16H,10,13-15,17H2,1H3,(H,25,26). The van der Waals surface area contributed by atoms with E-state index in [1.54, 1.807) is 0 Å². The lowest BCUT2D eigenvalue weighted by Crippen LogP contribution is -2.29. The van der Waals surface area contributed by atoms with Crippen molar-refractivity contribution in [1.82, 2.24) is 5.32 Å². The summed E-state index contributed by atoms with van der Waals surface area (Å²) >= 11 is 0. The highest BCUT2D eigenvalue weighted by Gasteiger charge is 2.06. The molecule has 3 aromatic rings. The molecule has 3 rings (SSSR count). The highest BCUT2D eigenvalue weighted by Crippen LogP contribution is 2.20. The SMILES string of the molecule is Cc1ccc(CCC(=O)NCCOC(=O)COc2ccc3ccccc3c2)cc1. The van der Waals surface area contributed by atoms with Crippen LogP contribution in [0.15, 0.2) is 66.7 Å². The maximum Gasteiger partial charge on any atom is 0.344 e. The molecule has 5 nitrogen and oxygen atoms in total. The molecule has 1 amide bonds. The summed E-state index contributed by atoms with van der Waals surface area (Å²) in [4.78, 5) is 23.7. The van der Waals surface area contributed by atoms with Crippen molar-refractivity contribution in [2.75, 3.05) is 19.8 Å². The molecule has 3 aromatic carbocycles. The number of esters is 1. The zero-order valence-electron chi connectivity index (χ0n) is 16.5. The van der Waals surface area contributed by atoms with Crippen molar-refractivity contribution in [2.45, 2.75) is 19.8 Å². The van der Waals surface area contributed by atoms with Crippen molar-refractivity contribution in [3.8, 4) is 5.75 Å². The molecule has 0 heterocycles. The van der Waals surface area contributed by atoms with Crippen LogP contribution >= 0.6 is 0 Å². The third-order valence-electron chi connectivity index (χ3n) is 4.53. The van der Waals surface area contributed by atoms with E-state index in [0.717, 1.165) is 16.3 Å². The van der Waals surface area contributed by atoms with Crippen LogP contribution in [0.4, 0.5) is 0 Å². The van der Waals surface area contributed by atoms with Gasteiger partial charge in [0.15, 0.2) is 6.61 Å². The average Bonchev–Trinajstić information content (AvgIpc) is 2.74. The molecular weight excluding hydrogens is 366 g/mol. The number of nitrogens with one attached hydrogen (secondary N) is 1. The van der Waals surface area contributed by atoms with Crippen LogP contribution in [0.25, 0.3) is 10.8 Å². The molecule has 0 saturated carbocycles. The first-order valence-electron chi connectivity index (χ1n) is 9.69. The minimum atomic E-state index is -0.466. The molecule has 29 heavy (non-hydrogen) atoms. The maximum absolute atomic E-state index is 11.9. The largest absolute Gasteiger partial charge is 0.482 e. The number of ether oxygens (including phenoxy) is 2. The predicted molar refractivity (Wildman–Crippen MR) is 113 cm³/mol. The summed E-state index contributed by atoms with van der Waals surface area (Å²) < 4.78 is 10.6. The third-order valence-corrected chi connectivity index (χ3v) is 4.53. The van der Waals surface area contributed by atoms with Gasteiger partial charge in [0.2, 0.25) is 5.91 Å². The van der Waals surface area contributed by atoms with Gasteiger partial charge in [0.05, 0.1) is 6.54 Å². The van der Waals surface area contributed by atoms with Crippen molar-refractivity contribution in [1.29, 1.82) is 0 Å². The summed E-state index contributed by atoms with van der Waals surface area (Å²) in [5, 5.41) is 4.92. The topological polar surface area (TPSA) is 64.6 Å². The quantitative estimate of drug-likeness (QED) is 0.445. The predicted octanol–water partition coefficient (Wildman–Crippen LogP) is 3.82. The van der Waals surface area contributed by atoms with Crippen LogP contribution in [-0.2, 0) is 20.7 Å². The molecule has 0 saturated heterocycles. The molecule has 0 aliphatic heterocycles. The van der Waals surface area contributed by atoms with Crippen LogP contribution in [0.1, 0.15) is 17.5 Å². The molecular formula is C24H25NO4. The molecule has 1 N–H and O–H groups in total. The first-order valence-corrected chi connectivity index (χ1v) is 9.69. The number of amides is 1. The number of benzene rings is 3. The van der Waals surface area contributed by atoms with Gasteiger partial charge in [-0.2, -0.15) is 0 Å². The minimum Gasteiger partial charge on any atom is -0.482 e. The second kappa shape index (κ2) is 10.3. The fourth-order valence-electron chi connectivity index (χ4n) is 2.90. The van der Waals surface area contributed by atoms with Gasteiger partial charge >= 0.3 is 5.97 Å². The lowest BCUT2D eigenvalue weighted by atomic mass is 10.1. The zero-order valence-corrected chi connectivity index (χ0v) is 16.5. The van der Waals surface area contributed by atoms with Crippen molar-refractivity contribution < 1.29 is 19.1 Å². The van der Waals surface area contributed by atoms with Gasteiger partial charge in [0.1, 0.15) is 12.4 Å². The van der Waals surface area contributed by atoms with E-state index in [-0.39, 0.29) is 25.7 Å². The van der Waals surface area contributed by atoms with Gasteiger partial charge in [-0.15, -0.1) is 0 Å². The van der Waals surface area contributed by atoms with Gasteiger partial charge < -0.3 is 14.8 Å². The van der Waals surface area contributed by atoms with Crippen LogP contribution in [-0.4, -0.2) is 31.6 Å². The summed E-state index contributed by atoms with van der Waals surface area (Å²) in [7, 11) is 0. The van der Waals surface area contributed by atoms with E-state index in [4.69, 9.17) is 9.47 Å². The van der Waals surface area contributed by atoms with Crippen LogP contribution in [0.2, 0.25) is 0 Å². The van der Waals surface area contributed by atoms with Crippen molar-refractivity contribution in [3.63, 3.8) is 0 Å². The van der Waals surface area contributed by atoms with E-state index in [9.17, 15) is 9.59 Å². The van der Waals surface area contributed by atoms with E-state index in [1.165, 1.54) is 5.56 Å². The Morgan fingerprint density at radius 2 is 1.69 bits per heavy atom. The number of carbonyl (C=O) groups excluding carboxylic acids is 2. The lowest BCUT2D eigenvalue weighted by Gasteiger charge is -2.09. The monoisotopic (exact) mass is 391 g/mol. The van der Waals surface area contributed by atoms with Crippen molar-refractivity contribution >= 4 is 22.6 Å². The fourth-order valence-corrected chi connectivity index (χ4v) is 2.90. The summed E-state index contributed by atoms with van der Waals surface area (Å²) in [5.41, 5.74) is 2.33. The van der Waals surface area contributed by atoms with E-state index in [0.29, 0.717) is 18.6 Å². The molecule has 0 aliphatic carbocycles. The number of hydrogen-bond acceptors (Lipinski definition) is 4. The van der Waals surface area contributed by atoms with Crippen LogP contribution < -0.4 is 10.1 Å². The van der Waals surface area contributed by atoms with Crippen molar-refractivity contribution in [3.05, 3.63) is 77.9 Å². The Kier molecular flexibility index (Phi) is 7.22. The first-order chi connectivity index (χ1) is 14.1. The summed E-state index contributed by atoms with van der Waals surface area (Å²) in [6.45, 7) is 2.27. The molecule has 150 valence electrons. The van der Waals surface area contributed by atoms with Crippen LogP contribution in [0, 0.1) is 6.92 Å². The summed E-state index contributed by atoms with van der Waals surface area (Å²) in [6.07, 6.45) is 1.09. The minimum absolute atomic E-state index is 0.0611. The Morgan fingerprint density at radius 1 is 0.931 bits per heavy atom. The average molecular weight is 391 g/mol. The fraction of sp³-hybridized carbons (Fsp3) is 0.250. The third kappa shape index (κ3) is 6.64. The Morgan fingerprint density at radius 3 is 2.48 bits per heavy atom. The van der Waals surface area contributed by atoms with Gasteiger partial charge in [0.25, 0.3) is 0 Å². The zero-order chi connectivity index (χ0) is 20.5. The molecule has 0 fully saturated rings. The van der Waals surface area contributed by atoms with Gasteiger partial charge in [-0.1, -0.05) is 60.2 Å².